The summed E-state index contributed by atoms with van der Waals surface area (Å²) < 4.78 is 16.9. The Morgan fingerprint density at radius 1 is 0.875 bits per heavy atom. The topological polar surface area (TPSA) is 53.5 Å². The first-order valence-corrected chi connectivity index (χ1v) is 8.15. The first-order chi connectivity index (χ1) is 11.7. The van der Waals surface area contributed by atoms with Crippen LogP contribution in [0.3, 0.4) is 0 Å². The van der Waals surface area contributed by atoms with Gasteiger partial charge in [0.2, 0.25) is 5.75 Å². The van der Waals surface area contributed by atoms with Crippen LogP contribution in [0.15, 0.2) is 41.0 Å². The van der Waals surface area contributed by atoms with Gasteiger partial charge in [-0.05, 0) is 45.8 Å². The summed E-state index contributed by atoms with van der Waals surface area (Å²) in [5.41, 5.74) is 3.57. The number of rotatable bonds is 5. The van der Waals surface area contributed by atoms with Crippen LogP contribution >= 0.6 is 15.9 Å². The van der Waals surface area contributed by atoms with Gasteiger partial charge in [0.05, 0.1) is 38.1 Å². The molecule has 0 spiro atoms. The Kier molecular flexibility index (Phi) is 4.85. The molecule has 0 atom stereocenters. The summed E-state index contributed by atoms with van der Waals surface area (Å²) in [6.45, 7) is 0. The highest BCUT2D eigenvalue weighted by Gasteiger charge is 2.15. The molecule has 1 aromatic heterocycles. The molecule has 5 nitrogen and oxygen atoms in total. The largest absolute Gasteiger partial charge is 0.493 e. The van der Waals surface area contributed by atoms with Gasteiger partial charge >= 0.3 is 0 Å². The van der Waals surface area contributed by atoms with Crippen molar-refractivity contribution in [2.45, 2.75) is 6.42 Å². The second-order valence-electron chi connectivity index (χ2n) is 5.16. The molecule has 0 saturated heterocycles. The Labute approximate surface area is 148 Å². The van der Waals surface area contributed by atoms with E-state index in [1.807, 2.05) is 36.4 Å². The third kappa shape index (κ3) is 3.14. The minimum absolute atomic E-state index is 0.576. The fourth-order valence-electron chi connectivity index (χ4n) is 2.56. The van der Waals surface area contributed by atoms with Crippen LogP contribution in [-0.2, 0) is 6.42 Å². The molecule has 0 fully saturated rings. The molecule has 6 heteroatoms. The molecule has 0 aliphatic carbocycles. The molecule has 0 amide bonds. The van der Waals surface area contributed by atoms with Crippen molar-refractivity contribution in [2.75, 3.05) is 21.3 Å². The van der Waals surface area contributed by atoms with E-state index < -0.39 is 0 Å². The fourth-order valence-corrected chi connectivity index (χ4v) is 2.98. The molecule has 0 radical (unpaired) electrons. The van der Waals surface area contributed by atoms with Crippen molar-refractivity contribution in [3.8, 4) is 17.2 Å². The second kappa shape index (κ2) is 7.05. The normalized spacial score (nSPS) is 10.7. The number of benzene rings is 2. The molecule has 0 bridgehead atoms. The van der Waals surface area contributed by atoms with Gasteiger partial charge in [0.1, 0.15) is 4.60 Å². The van der Waals surface area contributed by atoms with Crippen LogP contribution in [0.25, 0.3) is 11.0 Å². The Morgan fingerprint density at radius 3 is 2.00 bits per heavy atom. The van der Waals surface area contributed by atoms with E-state index in [2.05, 4.69) is 20.9 Å². The molecule has 1 heterocycles. The average molecular weight is 389 g/mol. The zero-order valence-corrected chi connectivity index (χ0v) is 15.3. The van der Waals surface area contributed by atoms with Crippen molar-refractivity contribution in [3.05, 3.63) is 52.3 Å². The molecule has 0 saturated carbocycles. The van der Waals surface area contributed by atoms with Crippen molar-refractivity contribution >= 4 is 27.0 Å². The number of fused-ring (bicyclic) bond motifs is 1. The maximum Gasteiger partial charge on any atom is 0.203 e. The SMILES string of the molecule is COc1cc(Cc2nc3ccccc3nc2Br)cc(OC)c1OC. The number of halogens is 1. The minimum Gasteiger partial charge on any atom is -0.493 e. The number of para-hydroxylation sites is 2. The molecular formula is C18H17BrN2O3. The quantitative estimate of drug-likeness (QED) is 0.660. The summed E-state index contributed by atoms with van der Waals surface area (Å²) in [6, 6.07) is 11.6. The monoisotopic (exact) mass is 388 g/mol. The summed E-state index contributed by atoms with van der Waals surface area (Å²) >= 11 is 3.51. The lowest BCUT2D eigenvalue weighted by Crippen LogP contribution is -2.00. The van der Waals surface area contributed by atoms with Gasteiger partial charge in [-0.2, -0.15) is 0 Å². The minimum atomic E-state index is 0.576. The molecule has 2 aromatic carbocycles. The summed E-state index contributed by atoms with van der Waals surface area (Å²) in [7, 11) is 4.80. The fraction of sp³-hybridized carbons (Fsp3) is 0.222. The van der Waals surface area contributed by atoms with E-state index in [1.54, 1.807) is 21.3 Å². The number of hydrogen-bond donors (Lipinski definition) is 0. The number of hydrogen-bond acceptors (Lipinski definition) is 5. The predicted molar refractivity (Wildman–Crippen MR) is 96.1 cm³/mol. The Morgan fingerprint density at radius 2 is 1.46 bits per heavy atom. The second-order valence-corrected chi connectivity index (χ2v) is 5.91. The van der Waals surface area contributed by atoms with E-state index in [-0.39, 0.29) is 0 Å². The molecule has 3 rings (SSSR count). The van der Waals surface area contributed by atoms with Gasteiger partial charge in [-0.15, -0.1) is 0 Å². The zero-order valence-electron chi connectivity index (χ0n) is 13.7. The lowest BCUT2D eigenvalue weighted by Gasteiger charge is -2.14. The number of nitrogens with zero attached hydrogens (tertiary/aromatic N) is 2. The van der Waals surface area contributed by atoms with Gasteiger partial charge in [0.15, 0.2) is 11.5 Å². The maximum atomic E-state index is 5.40. The van der Waals surface area contributed by atoms with Gasteiger partial charge in [0.25, 0.3) is 0 Å². The summed E-state index contributed by atoms with van der Waals surface area (Å²) in [6.07, 6.45) is 0.592. The number of methoxy groups -OCH3 is 3. The van der Waals surface area contributed by atoms with Crippen LogP contribution in [0.2, 0.25) is 0 Å². The highest BCUT2D eigenvalue weighted by molar-refractivity contribution is 9.10. The van der Waals surface area contributed by atoms with Crippen molar-refractivity contribution in [1.82, 2.24) is 9.97 Å². The first-order valence-electron chi connectivity index (χ1n) is 7.36. The number of ether oxygens (including phenoxy) is 3. The van der Waals surface area contributed by atoms with E-state index in [0.29, 0.717) is 23.7 Å². The molecule has 24 heavy (non-hydrogen) atoms. The van der Waals surface area contributed by atoms with E-state index in [1.165, 1.54) is 0 Å². The van der Waals surface area contributed by atoms with E-state index in [4.69, 9.17) is 19.2 Å². The van der Waals surface area contributed by atoms with Crippen LogP contribution in [0.1, 0.15) is 11.3 Å². The van der Waals surface area contributed by atoms with E-state index in [0.717, 1.165) is 26.9 Å². The Balaban J connectivity index is 2.03. The van der Waals surface area contributed by atoms with Crippen molar-refractivity contribution < 1.29 is 14.2 Å². The van der Waals surface area contributed by atoms with Crippen LogP contribution in [-0.4, -0.2) is 31.3 Å². The Bertz CT molecular complexity index is 858. The molecule has 0 unspecified atom stereocenters. The van der Waals surface area contributed by atoms with Crippen LogP contribution < -0.4 is 14.2 Å². The van der Waals surface area contributed by atoms with E-state index in [9.17, 15) is 0 Å². The van der Waals surface area contributed by atoms with Crippen molar-refractivity contribution in [1.29, 1.82) is 0 Å². The average Bonchev–Trinajstić information content (AvgIpc) is 2.61. The van der Waals surface area contributed by atoms with Gasteiger partial charge in [-0.1, -0.05) is 12.1 Å². The summed E-state index contributed by atoms with van der Waals surface area (Å²) in [4.78, 5) is 9.26. The maximum absolute atomic E-state index is 5.40. The van der Waals surface area contributed by atoms with Crippen LogP contribution in [0.4, 0.5) is 0 Å². The zero-order chi connectivity index (χ0) is 17.1. The third-order valence-corrected chi connectivity index (χ3v) is 4.32. The summed E-state index contributed by atoms with van der Waals surface area (Å²) in [5, 5.41) is 0. The van der Waals surface area contributed by atoms with E-state index >= 15 is 0 Å². The lowest BCUT2D eigenvalue weighted by atomic mass is 10.1. The van der Waals surface area contributed by atoms with Crippen LogP contribution in [0, 0.1) is 0 Å². The molecule has 3 aromatic rings. The number of aromatic nitrogens is 2. The smallest absolute Gasteiger partial charge is 0.203 e. The summed E-state index contributed by atoms with van der Waals surface area (Å²) in [5.74, 6) is 1.82. The molecule has 0 aliphatic heterocycles. The highest BCUT2D eigenvalue weighted by atomic mass is 79.9. The Hall–Kier alpha value is -2.34. The van der Waals surface area contributed by atoms with Gasteiger partial charge < -0.3 is 14.2 Å². The standard InChI is InChI=1S/C18H17BrN2O3/c1-22-15-9-11(10-16(23-2)17(15)24-3)8-14-18(19)21-13-7-5-4-6-12(13)20-14/h4-7,9-10H,8H2,1-3H3. The van der Waals surface area contributed by atoms with Gasteiger partial charge in [0, 0.05) is 6.42 Å². The third-order valence-electron chi connectivity index (χ3n) is 3.69. The van der Waals surface area contributed by atoms with Crippen molar-refractivity contribution in [3.63, 3.8) is 0 Å². The van der Waals surface area contributed by atoms with Gasteiger partial charge in [-0.3, -0.25) is 0 Å². The lowest BCUT2D eigenvalue weighted by molar-refractivity contribution is 0.324. The molecule has 0 aliphatic rings. The van der Waals surface area contributed by atoms with Gasteiger partial charge in [-0.25, -0.2) is 9.97 Å². The van der Waals surface area contributed by atoms with Crippen LogP contribution in [0.5, 0.6) is 17.2 Å². The first kappa shape index (κ1) is 16.5. The molecule has 124 valence electrons. The van der Waals surface area contributed by atoms with Crippen molar-refractivity contribution in [2.24, 2.45) is 0 Å². The highest BCUT2D eigenvalue weighted by Crippen LogP contribution is 2.38. The molecular weight excluding hydrogens is 372 g/mol. The predicted octanol–water partition coefficient (Wildman–Crippen LogP) is 4.01. The molecule has 0 N–H and O–H groups in total.